The van der Waals surface area contributed by atoms with Gasteiger partial charge in [0.25, 0.3) is 10.0 Å². The fourth-order valence-corrected chi connectivity index (χ4v) is 2.90. The van der Waals surface area contributed by atoms with Crippen LogP contribution < -0.4 is 4.72 Å². The van der Waals surface area contributed by atoms with Gasteiger partial charge < -0.3 is 4.52 Å². The third kappa shape index (κ3) is 2.16. The quantitative estimate of drug-likeness (QED) is 0.857. The second kappa shape index (κ2) is 3.88. The molecule has 0 aliphatic carbocycles. The van der Waals surface area contributed by atoms with E-state index >= 15 is 0 Å². The molecule has 0 aliphatic heterocycles. The van der Waals surface area contributed by atoms with Gasteiger partial charge in [-0.3, -0.25) is 9.82 Å². The SMILES string of the molecule is Cc1cc(NS(=O)(=O)c2c(C)n[nH]c2C)no1. The van der Waals surface area contributed by atoms with Crippen molar-refractivity contribution in [2.75, 3.05) is 4.72 Å². The molecule has 2 heterocycles. The molecule has 0 radical (unpaired) electrons. The summed E-state index contributed by atoms with van der Waals surface area (Å²) in [6.07, 6.45) is 0. The number of hydrogen-bond donors (Lipinski definition) is 2. The molecule has 2 aromatic rings. The fraction of sp³-hybridized carbons (Fsp3) is 0.333. The Kier molecular flexibility index (Phi) is 2.66. The van der Waals surface area contributed by atoms with E-state index < -0.39 is 10.0 Å². The average molecular weight is 256 g/mol. The predicted octanol–water partition coefficient (Wildman–Crippen LogP) is 1.12. The molecule has 2 aromatic heterocycles. The number of rotatable bonds is 3. The third-order valence-corrected chi connectivity index (χ3v) is 3.81. The van der Waals surface area contributed by atoms with E-state index in [-0.39, 0.29) is 10.7 Å². The van der Waals surface area contributed by atoms with Crippen LogP contribution in [0.25, 0.3) is 0 Å². The smallest absolute Gasteiger partial charge is 0.266 e. The molecule has 2 N–H and O–H groups in total. The summed E-state index contributed by atoms with van der Waals surface area (Å²) in [6.45, 7) is 4.94. The first-order valence-corrected chi connectivity index (χ1v) is 6.36. The summed E-state index contributed by atoms with van der Waals surface area (Å²) in [5.74, 6) is 0.686. The Morgan fingerprint density at radius 2 is 2.06 bits per heavy atom. The van der Waals surface area contributed by atoms with Crippen molar-refractivity contribution in [1.29, 1.82) is 0 Å². The lowest BCUT2D eigenvalue weighted by atomic mass is 10.4. The van der Waals surface area contributed by atoms with Gasteiger partial charge in [-0.1, -0.05) is 5.16 Å². The minimum Gasteiger partial charge on any atom is -0.360 e. The molecule has 0 saturated heterocycles. The highest BCUT2D eigenvalue weighted by Gasteiger charge is 2.23. The van der Waals surface area contributed by atoms with Gasteiger partial charge in [-0.15, -0.1) is 0 Å². The van der Waals surface area contributed by atoms with Crippen LogP contribution in [0.5, 0.6) is 0 Å². The maximum atomic E-state index is 12.1. The summed E-state index contributed by atoms with van der Waals surface area (Å²) in [6, 6.07) is 1.50. The van der Waals surface area contributed by atoms with Gasteiger partial charge >= 0.3 is 0 Å². The van der Waals surface area contributed by atoms with Gasteiger partial charge in [0.2, 0.25) is 0 Å². The van der Waals surface area contributed by atoms with Gasteiger partial charge in [0.1, 0.15) is 10.7 Å². The third-order valence-electron chi connectivity index (χ3n) is 2.20. The minimum atomic E-state index is -3.68. The fourth-order valence-electron chi connectivity index (χ4n) is 1.54. The highest BCUT2D eigenvalue weighted by Crippen LogP contribution is 2.20. The Hall–Kier alpha value is -1.83. The van der Waals surface area contributed by atoms with Gasteiger partial charge in [0.15, 0.2) is 5.82 Å². The van der Waals surface area contributed by atoms with E-state index in [1.54, 1.807) is 20.8 Å². The highest BCUT2D eigenvalue weighted by atomic mass is 32.2. The van der Waals surface area contributed by atoms with Gasteiger partial charge in [-0.25, -0.2) is 8.42 Å². The van der Waals surface area contributed by atoms with Crippen molar-refractivity contribution in [2.45, 2.75) is 25.7 Å². The summed E-state index contributed by atoms with van der Waals surface area (Å²) < 4.78 is 31.2. The van der Waals surface area contributed by atoms with Crippen LogP contribution in [-0.2, 0) is 10.0 Å². The lowest BCUT2D eigenvalue weighted by Gasteiger charge is -2.04. The highest BCUT2D eigenvalue weighted by molar-refractivity contribution is 7.92. The lowest BCUT2D eigenvalue weighted by molar-refractivity contribution is 0.400. The Bertz CT molecular complexity index is 622. The van der Waals surface area contributed by atoms with E-state index in [9.17, 15) is 8.42 Å². The van der Waals surface area contributed by atoms with Crippen LogP contribution in [0.3, 0.4) is 0 Å². The Labute approximate surface area is 98.3 Å². The van der Waals surface area contributed by atoms with E-state index in [1.807, 2.05) is 0 Å². The molecule has 0 spiro atoms. The topological polar surface area (TPSA) is 101 Å². The first-order chi connectivity index (χ1) is 7.90. The maximum Gasteiger partial charge on any atom is 0.266 e. The van der Waals surface area contributed by atoms with Gasteiger partial charge in [0.05, 0.1) is 11.4 Å². The van der Waals surface area contributed by atoms with Crippen molar-refractivity contribution >= 4 is 15.8 Å². The van der Waals surface area contributed by atoms with E-state index in [0.717, 1.165) is 0 Å². The van der Waals surface area contributed by atoms with Gasteiger partial charge in [-0.05, 0) is 20.8 Å². The second-order valence-electron chi connectivity index (χ2n) is 3.69. The largest absolute Gasteiger partial charge is 0.360 e. The van der Waals surface area contributed by atoms with E-state index in [4.69, 9.17) is 4.52 Å². The molecule has 0 atom stereocenters. The molecule has 0 saturated carbocycles. The van der Waals surface area contributed by atoms with Crippen LogP contribution in [0.1, 0.15) is 17.1 Å². The summed E-state index contributed by atoms with van der Waals surface area (Å²) in [7, 11) is -3.68. The molecule has 92 valence electrons. The molecule has 0 fully saturated rings. The predicted molar refractivity (Wildman–Crippen MR) is 60.1 cm³/mol. The van der Waals surface area contributed by atoms with Crippen LogP contribution in [-0.4, -0.2) is 23.8 Å². The Morgan fingerprint density at radius 1 is 1.35 bits per heavy atom. The molecule has 0 bridgehead atoms. The zero-order valence-corrected chi connectivity index (χ0v) is 10.4. The van der Waals surface area contributed by atoms with Gasteiger partial charge in [-0.2, -0.15) is 5.10 Å². The van der Waals surface area contributed by atoms with Crippen molar-refractivity contribution in [2.24, 2.45) is 0 Å². The zero-order valence-electron chi connectivity index (χ0n) is 9.60. The molecule has 7 nitrogen and oxygen atoms in total. The minimum absolute atomic E-state index is 0.137. The Balaban J connectivity index is 2.38. The standard InChI is InChI=1S/C9H12N4O3S/c1-5-4-8(12-16-5)13-17(14,15)9-6(2)10-11-7(9)3/h4H,1-3H3,(H,10,11)(H,12,13). The molecule has 0 aliphatic rings. The summed E-state index contributed by atoms with van der Waals surface area (Å²) in [5, 5.41) is 10.0. The number of aromatic amines is 1. The van der Waals surface area contributed by atoms with Crippen molar-refractivity contribution < 1.29 is 12.9 Å². The molecule has 0 amide bonds. The number of aryl methyl sites for hydroxylation is 3. The molecule has 0 unspecified atom stereocenters. The van der Waals surface area contributed by atoms with Crippen molar-refractivity contribution in [3.63, 3.8) is 0 Å². The molecular formula is C9H12N4O3S. The van der Waals surface area contributed by atoms with E-state index in [0.29, 0.717) is 17.1 Å². The molecular weight excluding hydrogens is 244 g/mol. The molecule has 17 heavy (non-hydrogen) atoms. The number of anilines is 1. The summed E-state index contributed by atoms with van der Waals surface area (Å²) in [5.41, 5.74) is 0.894. The second-order valence-corrected chi connectivity index (χ2v) is 5.31. The van der Waals surface area contributed by atoms with E-state index in [2.05, 4.69) is 20.1 Å². The first kappa shape index (κ1) is 11.6. The number of hydrogen-bond acceptors (Lipinski definition) is 5. The van der Waals surface area contributed by atoms with Gasteiger partial charge in [0, 0.05) is 6.07 Å². The number of H-pyrrole nitrogens is 1. The lowest BCUT2D eigenvalue weighted by Crippen LogP contribution is -2.14. The summed E-state index contributed by atoms with van der Waals surface area (Å²) >= 11 is 0. The molecule has 0 aromatic carbocycles. The zero-order chi connectivity index (χ0) is 12.6. The Morgan fingerprint density at radius 3 is 2.53 bits per heavy atom. The van der Waals surface area contributed by atoms with Crippen LogP contribution >= 0.6 is 0 Å². The van der Waals surface area contributed by atoms with Crippen LogP contribution in [0.4, 0.5) is 5.82 Å². The number of sulfonamides is 1. The monoisotopic (exact) mass is 256 g/mol. The number of nitrogens with zero attached hydrogens (tertiary/aromatic N) is 2. The number of nitrogens with one attached hydrogen (secondary N) is 2. The van der Waals surface area contributed by atoms with E-state index in [1.165, 1.54) is 6.07 Å². The van der Waals surface area contributed by atoms with Crippen molar-refractivity contribution in [3.8, 4) is 0 Å². The molecule has 2 rings (SSSR count). The summed E-state index contributed by atoms with van der Waals surface area (Å²) in [4.78, 5) is 0.137. The first-order valence-electron chi connectivity index (χ1n) is 4.88. The maximum absolute atomic E-state index is 12.1. The van der Waals surface area contributed by atoms with Crippen LogP contribution in [0, 0.1) is 20.8 Å². The molecule has 8 heteroatoms. The van der Waals surface area contributed by atoms with Crippen molar-refractivity contribution in [1.82, 2.24) is 15.4 Å². The number of aromatic nitrogens is 3. The average Bonchev–Trinajstić information content (AvgIpc) is 2.73. The normalized spacial score (nSPS) is 11.7. The van der Waals surface area contributed by atoms with Crippen LogP contribution in [0.15, 0.2) is 15.5 Å². The van der Waals surface area contributed by atoms with Crippen molar-refractivity contribution in [3.05, 3.63) is 23.2 Å². The van der Waals surface area contributed by atoms with Crippen LogP contribution in [0.2, 0.25) is 0 Å².